The van der Waals surface area contributed by atoms with E-state index in [1.54, 1.807) is 36.5 Å². The lowest BCUT2D eigenvalue weighted by Gasteiger charge is -2.07. The van der Waals surface area contributed by atoms with E-state index in [0.717, 1.165) is 10.9 Å². The first-order chi connectivity index (χ1) is 10.8. The van der Waals surface area contributed by atoms with Crippen molar-refractivity contribution in [2.45, 2.75) is 6.61 Å². The van der Waals surface area contributed by atoms with Gasteiger partial charge in [0, 0.05) is 11.6 Å². The fourth-order valence-electron chi connectivity index (χ4n) is 2.17. The van der Waals surface area contributed by atoms with Crippen LogP contribution < -0.4 is 0 Å². The van der Waals surface area contributed by atoms with Crippen molar-refractivity contribution < 1.29 is 9.53 Å². The highest BCUT2D eigenvalue weighted by atomic mass is 16.5. The predicted molar refractivity (Wildman–Crippen MR) is 82.0 cm³/mol. The number of rotatable bonds is 3. The van der Waals surface area contributed by atoms with Crippen molar-refractivity contribution in [2.24, 2.45) is 0 Å². The molecule has 1 aromatic heterocycles. The van der Waals surface area contributed by atoms with Gasteiger partial charge in [-0.2, -0.15) is 5.26 Å². The van der Waals surface area contributed by atoms with Crippen LogP contribution in [0.5, 0.6) is 0 Å². The molecule has 0 bridgehead atoms. The summed E-state index contributed by atoms with van der Waals surface area (Å²) in [5.41, 5.74) is 2.50. The average molecular weight is 288 g/mol. The third-order valence-corrected chi connectivity index (χ3v) is 3.31. The van der Waals surface area contributed by atoms with Crippen LogP contribution in [0.3, 0.4) is 0 Å². The van der Waals surface area contributed by atoms with Crippen LogP contribution in [0.4, 0.5) is 0 Å². The van der Waals surface area contributed by atoms with E-state index in [4.69, 9.17) is 10.00 Å². The van der Waals surface area contributed by atoms with Crippen LogP contribution >= 0.6 is 0 Å². The van der Waals surface area contributed by atoms with E-state index in [9.17, 15) is 4.79 Å². The Morgan fingerprint density at radius 2 is 1.86 bits per heavy atom. The molecule has 0 aliphatic heterocycles. The van der Waals surface area contributed by atoms with Crippen LogP contribution in [-0.4, -0.2) is 11.0 Å². The van der Waals surface area contributed by atoms with Crippen molar-refractivity contribution in [1.29, 1.82) is 5.26 Å². The van der Waals surface area contributed by atoms with E-state index in [1.807, 2.05) is 30.3 Å². The Labute approximate surface area is 127 Å². The third kappa shape index (κ3) is 2.79. The highest BCUT2D eigenvalue weighted by Gasteiger charge is 2.12. The Kier molecular flexibility index (Phi) is 3.80. The number of fused-ring (bicyclic) bond motifs is 1. The molecule has 0 N–H and O–H groups in total. The number of para-hydroxylation sites is 1. The maximum absolute atomic E-state index is 12.2. The summed E-state index contributed by atoms with van der Waals surface area (Å²) in [6, 6.07) is 18.1. The van der Waals surface area contributed by atoms with Gasteiger partial charge in [0.05, 0.1) is 22.7 Å². The molecule has 0 unspecified atom stereocenters. The van der Waals surface area contributed by atoms with E-state index >= 15 is 0 Å². The molecule has 0 aliphatic rings. The molecular formula is C18H12N2O2. The second-order valence-electron chi connectivity index (χ2n) is 4.77. The fraction of sp³-hybridized carbons (Fsp3) is 0.0556. The summed E-state index contributed by atoms with van der Waals surface area (Å²) in [6.45, 7) is 0.160. The Morgan fingerprint density at radius 3 is 2.64 bits per heavy atom. The molecule has 3 aromatic rings. The van der Waals surface area contributed by atoms with Gasteiger partial charge in [0.25, 0.3) is 0 Å². The molecule has 4 heteroatoms. The number of benzene rings is 2. The summed E-state index contributed by atoms with van der Waals surface area (Å²) in [5, 5.41) is 9.65. The van der Waals surface area contributed by atoms with Crippen molar-refractivity contribution in [3.63, 3.8) is 0 Å². The van der Waals surface area contributed by atoms with Crippen LogP contribution in [-0.2, 0) is 11.3 Å². The van der Waals surface area contributed by atoms with Crippen molar-refractivity contribution in [1.82, 2.24) is 4.98 Å². The van der Waals surface area contributed by atoms with Gasteiger partial charge in [-0.1, -0.05) is 30.3 Å². The van der Waals surface area contributed by atoms with Crippen LogP contribution in [0.1, 0.15) is 21.5 Å². The summed E-state index contributed by atoms with van der Waals surface area (Å²) in [6.07, 6.45) is 1.65. The molecule has 22 heavy (non-hydrogen) atoms. The number of aromatic nitrogens is 1. The van der Waals surface area contributed by atoms with Gasteiger partial charge in [-0.15, -0.1) is 0 Å². The van der Waals surface area contributed by atoms with E-state index in [0.29, 0.717) is 16.6 Å². The SMILES string of the molecule is N#Cc1ccc(COC(=O)c2cccc3cccnc23)cc1. The van der Waals surface area contributed by atoms with Crippen molar-refractivity contribution in [2.75, 3.05) is 0 Å². The Morgan fingerprint density at radius 1 is 1.09 bits per heavy atom. The standard InChI is InChI=1S/C18H12N2O2/c19-11-13-6-8-14(9-7-13)12-22-18(21)16-5-1-3-15-4-2-10-20-17(15)16/h1-10H,12H2. The highest BCUT2D eigenvalue weighted by molar-refractivity contribution is 6.02. The van der Waals surface area contributed by atoms with Gasteiger partial charge < -0.3 is 4.74 Å². The molecule has 0 fully saturated rings. The van der Waals surface area contributed by atoms with Crippen LogP contribution in [0.15, 0.2) is 60.8 Å². The first-order valence-corrected chi connectivity index (χ1v) is 6.78. The molecule has 106 valence electrons. The molecule has 4 nitrogen and oxygen atoms in total. The number of pyridine rings is 1. The number of ether oxygens (including phenoxy) is 1. The molecule has 0 spiro atoms. The second-order valence-corrected chi connectivity index (χ2v) is 4.77. The number of nitriles is 1. The topological polar surface area (TPSA) is 63.0 Å². The Balaban J connectivity index is 1.77. The van der Waals surface area contributed by atoms with Crippen molar-refractivity contribution in [3.05, 3.63) is 77.5 Å². The van der Waals surface area contributed by atoms with Gasteiger partial charge >= 0.3 is 5.97 Å². The fourth-order valence-corrected chi connectivity index (χ4v) is 2.17. The molecule has 0 amide bonds. The molecule has 0 saturated carbocycles. The van der Waals surface area contributed by atoms with Crippen molar-refractivity contribution >= 4 is 16.9 Å². The predicted octanol–water partition coefficient (Wildman–Crippen LogP) is 3.46. The second kappa shape index (κ2) is 6.06. The van der Waals surface area contributed by atoms with Gasteiger partial charge in [0.1, 0.15) is 6.61 Å². The highest BCUT2D eigenvalue weighted by Crippen LogP contribution is 2.17. The van der Waals surface area contributed by atoms with Gasteiger partial charge in [0.2, 0.25) is 0 Å². The number of nitrogens with zero attached hydrogens (tertiary/aromatic N) is 2. The number of hydrogen-bond acceptors (Lipinski definition) is 4. The average Bonchev–Trinajstić information content (AvgIpc) is 2.59. The lowest BCUT2D eigenvalue weighted by Crippen LogP contribution is -2.06. The largest absolute Gasteiger partial charge is 0.457 e. The molecule has 2 aromatic carbocycles. The van der Waals surface area contributed by atoms with Crippen LogP contribution in [0.2, 0.25) is 0 Å². The first-order valence-electron chi connectivity index (χ1n) is 6.78. The number of hydrogen-bond donors (Lipinski definition) is 0. The van der Waals surface area contributed by atoms with Crippen LogP contribution in [0, 0.1) is 11.3 Å². The van der Waals surface area contributed by atoms with E-state index < -0.39 is 5.97 Å². The third-order valence-electron chi connectivity index (χ3n) is 3.31. The zero-order valence-corrected chi connectivity index (χ0v) is 11.7. The molecule has 0 saturated heterocycles. The minimum Gasteiger partial charge on any atom is -0.457 e. The first kappa shape index (κ1) is 13.8. The summed E-state index contributed by atoms with van der Waals surface area (Å²) >= 11 is 0. The zero-order chi connectivity index (χ0) is 15.4. The number of esters is 1. The molecule has 3 rings (SSSR count). The van der Waals surface area contributed by atoms with Crippen molar-refractivity contribution in [3.8, 4) is 6.07 Å². The number of carbonyl (C=O) groups excluding carboxylic acids is 1. The zero-order valence-electron chi connectivity index (χ0n) is 11.7. The summed E-state index contributed by atoms with van der Waals surface area (Å²) in [4.78, 5) is 16.5. The molecule has 0 aliphatic carbocycles. The molecular weight excluding hydrogens is 276 g/mol. The summed E-state index contributed by atoms with van der Waals surface area (Å²) < 4.78 is 5.33. The maximum Gasteiger partial charge on any atom is 0.340 e. The Hall–Kier alpha value is -3.19. The van der Waals surface area contributed by atoms with Gasteiger partial charge in [-0.05, 0) is 29.8 Å². The normalized spacial score (nSPS) is 10.1. The minimum atomic E-state index is -0.409. The summed E-state index contributed by atoms with van der Waals surface area (Å²) in [7, 11) is 0. The minimum absolute atomic E-state index is 0.160. The lowest BCUT2D eigenvalue weighted by molar-refractivity contribution is 0.0475. The maximum atomic E-state index is 12.2. The quantitative estimate of drug-likeness (QED) is 0.692. The lowest BCUT2D eigenvalue weighted by atomic mass is 10.1. The van der Waals surface area contributed by atoms with E-state index in [1.165, 1.54) is 0 Å². The summed E-state index contributed by atoms with van der Waals surface area (Å²) in [5.74, 6) is -0.409. The monoisotopic (exact) mass is 288 g/mol. The Bertz CT molecular complexity index is 859. The molecule has 0 atom stereocenters. The van der Waals surface area contributed by atoms with Crippen LogP contribution in [0.25, 0.3) is 10.9 Å². The van der Waals surface area contributed by atoms with Gasteiger partial charge in [-0.3, -0.25) is 4.98 Å². The molecule has 1 heterocycles. The van der Waals surface area contributed by atoms with Gasteiger partial charge in [0.15, 0.2) is 0 Å². The van der Waals surface area contributed by atoms with E-state index in [2.05, 4.69) is 4.98 Å². The van der Waals surface area contributed by atoms with E-state index in [-0.39, 0.29) is 6.61 Å². The van der Waals surface area contributed by atoms with Gasteiger partial charge in [-0.25, -0.2) is 4.79 Å². The number of carbonyl (C=O) groups is 1. The molecule has 0 radical (unpaired) electrons. The smallest absolute Gasteiger partial charge is 0.340 e.